The smallest absolute Gasteiger partial charge is 0.262 e. The van der Waals surface area contributed by atoms with Gasteiger partial charge in [-0.2, -0.15) is 5.26 Å². The number of nitrogens with one attached hydrogen (secondary N) is 1. The number of carbonyl (C=O) groups is 1. The van der Waals surface area contributed by atoms with Crippen molar-refractivity contribution in [2.75, 3.05) is 7.11 Å². The van der Waals surface area contributed by atoms with Crippen molar-refractivity contribution in [1.29, 1.82) is 5.26 Å². The third kappa shape index (κ3) is 4.00. The van der Waals surface area contributed by atoms with Crippen molar-refractivity contribution in [2.24, 2.45) is 0 Å². The number of halogens is 1. The normalized spacial score (nSPS) is 11.1. The first-order valence-corrected chi connectivity index (χ1v) is 6.67. The Balaban J connectivity index is 3.17. The van der Waals surface area contributed by atoms with E-state index in [-0.39, 0.29) is 23.1 Å². The molecule has 0 atom stereocenters. The maximum absolute atomic E-state index is 11.8. The van der Waals surface area contributed by atoms with Crippen molar-refractivity contribution in [1.82, 2.24) is 5.32 Å². The minimum Gasteiger partial charge on any atom is -0.503 e. The number of phenols is 1. The van der Waals surface area contributed by atoms with Gasteiger partial charge in [0.25, 0.3) is 5.91 Å². The molecule has 5 nitrogen and oxygen atoms in total. The highest BCUT2D eigenvalue weighted by molar-refractivity contribution is 9.10. The van der Waals surface area contributed by atoms with Crippen LogP contribution in [0.4, 0.5) is 0 Å². The van der Waals surface area contributed by atoms with E-state index in [0.29, 0.717) is 10.0 Å². The van der Waals surface area contributed by atoms with Gasteiger partial charge in [-0.1, -0.05) is 0 Å². The average molecular weight is 339 g/mol. The highest BCUT2D eigenvalue weighted by atomic mass is 79.9. The van der Waals surface area contributed by atoms with Gasteiger partial charge in [-0.15, -0.1) is 0 Å². The Bertz CT molecular complexity index is 589. The van der Waals surface area contributed by atoms with Gasteiger partial charge in [-0.3, -0.25) is 4.79 Å². The number of hydrogen-bond donors (Lipinski definition) is 2. The fourth-order valence-electron chi connectivity index (χ4n) is 1.49. The van der Waals surface area contributed by atoms with E-state index in [1.54, 1.807) is 12.1 Å². The Morgan fingerprint density at radius 3 is 2.70 bits per heavy atom. The first-order valence-electron chi connectivity index (χ1n) is 5.88. The Morgan fingerprint density at radius 1 is 1.55 bits per heavy atom. The molecule has 0 aromatic heterocycles. The third-order valence-corrected chi connectivity index (χ3v) is 2.97. The number of aromatic hydroxyl groups is 1. The summed E-state index contributed by atoms with van der Waals surface area (Å²) < 4.78 is 5.43. The molecule has 2 N–H and O–H groups in total. The van der Waals surface area contributed by atoms with Gasteiger partial charge in [0.05, 0.1) is 11.6 Å². The van der Waals surface area contributed by atoms with Gasteiger partial charge in [0, 0.05) is 6.04 Å². The standard InChI is InChI=1S/C14H15BrN2O3/c1-8(2)17-14(19)10(7-16)4-9-5-11(15)13(18)12(6-9)20-3/h4-6,8,18H,1-3H3,(H,17,19)/b10-4+. The van der Waals surface area contributed by atoms with Gasteiger partial charge in [0.15, 0.2) is 11.5 Å². The molecule has 0 fully saturated rings. The molecule has 0 radical (unpaired) electrons. The molecule has 106 valence electrons. The summed E-state index contributed by atoms with van der Waals surface area (Å²) in [5, 5.41) is 21.4. The number of hydrogen-bond acceptors (Lipinski definition) is 4. The quantitative estimate of drug-likeness (QED) is 0.653. The van der Waals surface area contributed by atoms with Crippen molar-refractivity contribution < 1.29 is 14.6 Å². The monoisotopic (exact) mass is 338 g/mol. The van der Waals surface area contributed by atoms with E-state index < -0.39 is 5.91 Å². The average Bonchev–Trinajstić information content (AvgIpc) is 2.38. The molecule has 1 rings (SSSR count). The second-order valence-electron chi connectivity index (χ2n) is 4.35. The number of phenolic OH excluding ortho intramolecular Hbond substituents is 1. The van der Waals surface area contributed by atoms with E-state index in [2.05, 4.69) is 21.2 Å². The highest BCUT2D eigenvalue weighted by Crippen LogP contribution is 2.35. The minimum atomic E-state index is -0.439. The number of carbonyl (C=O) groups excluding carboxylic acids is 1. The summed E-state index contributed by atoms with van der Waals surface area (Å²) >= 11 is 3.18. The molecule has 0 aliphatic rings. The number of methoxy groups -OCH3 is 1. The van der Waals surface area contributed by atoms with Crippen LogP contribution in [0.3, 0.4) is 0 Å². The molecule has 0 saturated carbocycles. The first-order chi connectivity index (χ1) is 9.38. The molecule has 0 unspecified atom stereocenters. The van der Waals surface area contributed by atoms with Crippen LogP contribution < -0.4 is 10.1 Å². The van der Waals surface area contributed by atoms with Crippen LogP contribution in [0.2, 0.25) is 0 Å². The molecular formula is C14H15BrN2O3. The van der Waals surface area contributed by atoms with Crippen molar-refractivity contribution in [3.8, 4) is 17.6 Å². The van der Waals surface area contributed by atoms with E-state index in [0.717, 1.165) is 0 Å². The molecule has 1 amide bonds. The summed E-state index contributed by atoms with van der Waals surface area (Å²) in [5.41, 5.74) is 0.556. The predicted molar refractivity (Wildman–Crippen MR) is 79.2 cm³/mol. The van der Waals surface area contributed by atoms with Crippen LogP contribution in [-0.2, 0) is 4.79 Å². The van der Waals surface area contributed by atoms with Crippen molar-refractivity contribution in [2.45, 2.75) is 19.9 Å². The lowest BCUT2D eigenvalue weighted by Gasteiger charge is -2.08. The van der Waals surface area contributed by atoms with Crippen LogP contribution in [0.1, 0.15) is 19.4 Å². The Kier molecular flexibility index (Phi) is 5.59. The molecule has 0 saturated heterocycles. The molecule has 0 bridgehead atoms. The largest absolute Gasteiger partial charge is 0.503 e. The zero-order valence-corrected chi connectivity index (χ0v) is 13.0. The second kappa shape index (κ2) is 6.96. The van der Waals surface area contributed by atoms with Crippen LogP contribution in [0.15, 0.2) is 22.2 Å². The van der Waals surface area contributed by atoms with Gasteiger partial charge in [0.1, 0.15) is 11.6 Å². The highest BCUT2D eigenvalue weighted by Gasteiger charge is 2.12. The van der Waals surface area contributed by atoms with Crippen molar-refractivity contribution >= 4 is 27.9 Å². The Labute approximate surface area is 126 Å². The SMILES string of the molecule is COc1cc(/C=C(\C#N)C(=O)NC(C)C)cc(Br)c1O. The summed E-state index contributed by atoms with van der Waals surface area (Å²) in [6.07, 6.45) is 1.43. The van der Waals surface area contributed by atoms with Gasteiger partial charge < -0.3 is 15.2 Å². The number of amides is 1. The van der Waals surface area contributed by atoms with Crippen molar-refractivity contribution in [3.63, 3.8) is 0 Å². The summed E-state index contributed by atoms with van der Waals surface area (Å²) in [5.74, 6) is -0.215. The first kappa shape index (κ1) is 16.1. The van der Waals surface area contributed by atoms with Gasteiger partial charge in [-0.25, -0.2) is 0 Å². The molecule has 0 spiro atoms. The number of benzene rings is 1. The van der Waals surface area contributed by atoms with E-state index in [1.165, 1.54) is 13.2 Å². The molecule has 0 aliphatic carbocycles. The van der Waals surface area contributed by atoms with Crippen molar-refractivity contribution in [3.05, 3.63) is 27.7 Å². The maximum atomic E-state index is 11.8. The Morgan fingerprint density at radius 2 is 2.20 bits per heavy atom. The lowest BCUT2D eigenvalue weighted by molar-refractivity contribution is -0.117. The maximum Gasteiger partial charge on any atom is 0.262 e. The predicted octanol–water partition coefficient (Wildman–Crippen LogP) is 2.59. The summed E-state index contributed by atoms with van der Waals surface area (Å²) in [6, 6.07) is 4.94. The molecule has 0 aliphatic heterocycles. The zero-order valence-electron chi connectivity index (χ0n) is 11.4. The minimum absolute atomic E-state index is 0.0154. The molecule has 20 heavy (non-hydrogen) atoms. The van der Waals surface area contributed by atoms with E-state index in [1.807, 2.05) is 19.9 Å². The van der Waals surface area contributed by atoms with Crippen LogP contribution in [0, 0.1) is 11.3 Å². The molecular weight excluding hydrogens is 324 g/mol. The fraction of sp³-hybridized carbons (Fsp3) is 0.286. The van der Waals surface area contributed by atoms with E-state index in [4.69, 9.17) is 10.00 Å². The number of ether oxygens (including phenoxy) is 1. The Hall–Kier alpha value is -2.00. The van der Waals surface area contributed by atoms with Crippen LogP contribution in [0.25, 0.3) is 6.08 Å². The van der Waals surface area contributed by atoms with Crippen LogP contribution in [0.5, 0.6) is 11.5 Å². The number of rotatable bonds is 4. The third-order valence-electron chi connectivity index (χ3n) is 2.37. The number of nitriles is 1. The number of nitrogens with zero attached hydrogens (tertiary/aromatic N) is 1. The zero-order chi connectivity index (χ0) is 15.3. The lowest BCUT2D eigenvalue weighted by atomic mass is 10.1. The summed E-state index contributed by atoms with van der Waals surface area (Å²) in [7, 11) is 1.42. The summed E-state index contributed by atoms with van der Waals surface area (Å²) in [6.45, 7) is 3.63. The molecule has 0 heterocycles. The van der Waals surface area contributed by atoms with Gasteiger partial charge in [0.2, 0.25) is 0 Å². The van der Waals surface area contributed by atoms with Crippen LogP contribution in [-0.4, -0.2) is 24.2 Å². The van der Waals surface area contributed by atoms with E-state index >= 15 is 0 Å². The summed E-state index contributed by atoms with van der Waals surface area (Å²) in [4.78, 5) is 11.8. The van der Waals surface area contributed by atoms with Gasteiger partial charge in [-0.05, 0) is 53.5 Å². The molecule has 1 aromatic carbocycles. The van der Waals surface area contributed by atoms with E-state index in [9.17, 15) is 9.90 Å². The lowest BCUT2D eigenvalue weighted by Crippen LogP contribution is -2.30. The molecule has 1 aromatic rings. The van der Waals surface area contributed by atoms with Gasteiger partial charge >= 0.3 is 0 Å². The second-order valence-corrected chi connectivity index (χ2v) is 5.21. The fourth-order valence-corrected chi connectivity index (χ4v) is 1.95. The molecule has 6 heteroatoms. The van der Waals surface area contributed by atoms with Crippen LogP contribution >= 0.6 is 15.9 Å². The topological polar surface area (TPSA) is 82.3 Å².